The van der Waals surface area contributed by atoms with Crippen molar-refractivity contribution in [3.8, 4) is 0 Å². The zero-order chi connectivity index (χ0) is 20.0. The number of nitrogens with one attached hydrogen (secondary N) is 2. The normalized spacial score (nSPS) is 21.9. The maximum absolute atomic E-state index is 13.2. The van der Waals surface area contributed by atoms with Crippen molar-refractivity contribution in [2.75, 3.05) is 10.6 Å². The number of carbonyl (C=O) groups is 1. The van der Waals surface area contributed by atoms with Crippen LogP contribution in [0.1, 0.15) is 50.3 Å². The fourth-order valence-electron chi connectivity index (χ4n) is 4.58. The van der Waals surface area contributed by atoms with Gasteiger partial charge in [-0.25, -0.2) is 0 Å². The van der Waals surface area contributed by atoms with Crippen LogP contribution in [0.15, 0.2) is 66.1 Å². The smallest absolute Gasteiger partial charge is 0.257 e. The lowest BCUT2D eigenvalue weighted by Gasteiger charge is -2.37. The van der Waals surface area contributed by atoms with Crippen molar-refractivity contribution in [2.24, 2.45) is 5.92 Å². The third kappa shape index (κ3) is 3.18. The van der Waals surface area contributed by atoms with Crippen molar-refractivity contribution in [3.05, 3.63) is 93.2 Å². The minimum Gasteiger partial charge on any atom is -0.376 e. The summed E-state index contributed by atoms with van der Waals surface area (Å²) in [6.07, 6.45) is 5.67. The van der Waals surface area contributed by atoms with Crippen molar-refractivity contribution in [1.82, 2.24) is 0 Å². The Hall–Kier alpha value is -2.85. The first kappa shape index (κ1) is 18.2. The van der Waals surface area contributed by atoms with E-state index in [-0.39, 0.29) is 11.9 Å². The molecule has 1 amide bonds. The summed E-state index contributed by atoms with van der Waals surface area (Å²) >= 11 is 1.78. The lowest BCUT2D eigenvalue weighted by atomic mass is 9.78. The van der Waals surface area contributed by atoms with Gasteiger partial charge in [0.05, 0.1) is 17.3 Å². The largest absolute Gasteiger partial charge is 0.376 e. The second kappa shape index (κ2) is 7.20. The molecule has 146 valence electrons. The van der Waals surface area contributed by atoms with E-state index in [1.807, 2.05) is 30.3 Å². The summed E-state index contributed by atoms with van der Waals surface area (Å²) < 4.78 is 0. The molecule has 1 aliphatic heterocycles. The number of fused-ring (bicyclic) bond motifs is 3. The van der Waals surface area contributed by atoms with Crippen LogP contribution >= 0.6 is 11.3 Å². The predicted octanol–water partition coefficient (Wildman–Crippen LogP) is 6.44. The Balaban J connectivity index is 1.51. The molecule has 3 unspecified atom stereocenters. The number of amides is 1. The van der Waals surface area contributed by atoms with Crippen LogP contribution in [0.3, 0.4) is 0 Å². The minimum atomic E-state index is -0.0667. The van der Waals surface area contributed by atoms with Crippen LogP contribution < -0.4 is 10.6 Å². The Bertz CT molecular complexity index is 1100. The van der Waals surface area contributed by atoms with E-state index in [4.69, 9.17) is 0 Å². The van der Waals surface area contributed by atoms with Crippen LogP contribution in [-0.2, 0) is 0 Å². The van der Waals surface area contributed by atoms with Crippen LogP contribution in [0.2, 0.25) is 0 Å². The number of hydrogen-bond donors (Lipinski definition) is 2. The summed E-state index contributed by atoms with van der Waals surface area (Å²) in [6.45, 7) is 4.14. The lowest BCUT2D eigenvalue weighted by Crippen LogP contribution is -2.30. The summed E-state index contributed by atoms with van der Waals surface area (Å²) in [7, 11) is 0. The maximum atomic E-state index is 13.2. The number of rotatable bonds is 3. The highest BCUT2D eigenvalue weighted by atomic mass is 32.1. The van der Waals surface area contributed by atoms with Gasteiger partial charge < -0.3 is 10.6 Å². The topological polar surface area (TPSA) is 41.1 Å². The lowest BCUT2D eigenvalue weighted by molar-refractivity contribution is 0.102. The van der Waals surface area contributed by atoms with Gasteiger partial charge in [-0.15, -0.1) is 11.3 Å². The first-order chi connectivity index (χ1) is 14.1. The summed E-state index contributed by atoms with van der Waals surface area (Å²) in [4.78, 5) is 14.5. The van der Waals surface area contributed by atoms with E-state index in [0.29, 0.717) is 17.4 Å². The minimum absolute atomic E-state index is 0.0667. The van der Waals surface area contributed by atoms with E-state index in [0.717, 1.165) is 17.8 Å². The third-order valence-electron chi connectivity index (χ3n) is 6.26. The molecule has 3 nitrogen and oxygen atoms in total. The molecule has 0 radical (unpaired) electrons. The Labute approximate surface area is 175 Å². The maximum Gasteiger partial charge on any atom is 0.257 e. The van der Waals surface area contributed by atoms with Gasteiger partial charge in [-0.2, -0.15) is 0 Å². The molecule has 0 fully saturated rings. The van der Waals surface area contributed by atoms with Gasteiger partial charge in [0.2, 0.25) is 0 Å². The van der Waals surface area contributed by atoms with E-state index in [9.17, 15) is 4.79 Å². The summed E-state index contributed by atoms with van der Waals surface area (Å²) in [5.74, 6) is 0.787. The van der Waals surface area contributed by atoms with E-state index in [1.165, 1.54) is 21.6 Å². The Morgan fingerprint density at radius 2 is 2.00 bits per heavy atom. The first-order valence-electron chi connectivity index (χ1n) is 10.1. The van der Waals surface area contributed by atoms with Crippen LogP contribution in [0.25, 0.3) is 0 Å². The number of carbonyl (C=O) groups excluding carboxylic acids is 1. The second-order valence-electron chi connectivity index (χ2n) is 8.01. The monoisotopic (exact) mass is 400 g/mol. The van der Waals surface area contributed by atoms with Crippen molar-refractivity contribution >= 4 is 28.6 Å². The summed E-state index contributed by atoms with van der Waals surface area (Å²) in [6, 6.07) is 16.7. The van der Waals surface area contributed by atoms with Crippen molar-refractivity contribution in [3.63, 3.8) is 0 Å². The molecule has 0 saturated carbocycles. The zero-order valence-corrected chi connectivity index (χ0v) is 17.4. The van der Waals surface area contributed by atoms with Crippen LogP contribution in [-0.4, -0.2) is 5.91 Å². The van der Waals surface area contributed by atoms with Crippen molar-refractivity contribution in [1.29, 1.82) is 0 Å². The molecule has 2 aliphatic rings. The number of thiophene rings is 1. The highest BCUT2D eigenvalue weighted by Gasteiger charge is 2.39. The second-order valence-corrected chi connectivity index (χ2v) is 8.99. The fraction of sp³-hybridized carbons (Fsp3) is 0.240. The van der Waals surface area contributed by atoms with Gasteiger partial charge in [0, 0.05) is 16.5 Å². The van der Waals surface area contributed by atoms with Gasteiger partial charge in [0.25, 0.3) is 5.91 Å². The van der Waals surface area contributed by atoms with Crippen LogP contribution in [0, 0.1) is 19.8 Å². The highest BCUT2D eigenvalue weighted by molar-refractivity contribution is 7.10. The number of allylic oxidation sites excluding steroid dienone is 2. The average molecular weight is 401 g/mol. The molecule has 2 heterocycles. The van der Waals surface area contributed by atoms with Gasteiger partial charge in [0.1, 0.15) is 0 Å². The van der Waals surface area contributed by atoms with Crippen LogP contribution in [0.5, 0.6) is 0 Å². The molecule has 3 aromatic rings. The molecule has 2 aromatic carbocycles. The van der Waals surface area contributed by atoms with Crippen molar-refractivity contribution in [2.45, 2.75) is 32.2 Å². The number of anilines is 2. The Morgan fingerprint density at radius 1 is 1.10 bits per heavy atom. The number of hydrogen-bond acceptors (Lipinski definition) is 3. The predicted molar refractivity (Wildman–Crippen MR) is 121 cm³/mol. The molecule has 5 rings (SSSR count). The molecular formula is C25H24N2OS. The van der Waals surface area contributed by atoms with E-state index in [2.05, 4.69) is 60.2 Å². The molecule has 4 heteroatoms. The van der Waals surface area contributed by atoms with Gasteiger partial charge in [-0.05, 0) is 72.5 Å². The fourth-order valence-corrected chi connectivity index (χ4v) is 5.43. The van der Waals surface area contributed by atoms with Gasteiger partial charge >= 0.3 is 0 Å². The van der Waals surface area contributed by atoms with E-state index >= 15 is 0 Å². The molecule has 0 spiro atoms. The molecule has 0 bridgehead atoms. The van der Waals surface area contributed by atoms with Gasteiger partial charge in [-0.3, -0.25) is 4.79 Å². The molecule has 0 saturated heterocycles. The number of para-hydroxylation sites is 1. The summed E-state index contributed by atoms with van der Waals surface area (Å²) in [5, 5.41) is 8.95. The van der Waals surface area contributed by atoms with Gasteiger partial charge in [0.15, 0.2) is 0 Å². The Morgan fingerprint density at radius 3 is 2.79 bits per heavy atom. The standard InChI is InChI=1S/C25H24N2OS/c1-15-11-12-17(14-16(15)2)26-25(28)21-9-4-7-19-18-6-3-8-20(18)24(27-23(19)21)22-10-5-13-29-22/h3-7,9-14,18,20,24,27H,8H2,1-2H3,(H,26,28). The quantitative estimate of drug-likeness (QED) is 0.497. The molecular weight excluding hydrogens is 376 g/mol. The number of benzene rings is 2. The third-order valence-corrected chi connectivity index (χ3v) is 7.21. The molecule has 29 heavy (non-hydrogen) atoms. The van der Waals surface area contributed by atoms with Gasteiger partial charge in [-0.1, -0.05) is 36.4 Å². The molecule has 1 aliphatic carbocycles. The molecule has 3 atom stereocenters. The SMILES string of the molecule is Cc1ccc(NC(=O)c2cccc3c2NC(c2cccs2)C2CC=CC32)cc1C. The highest BCUT2D eigenvalue weighted by Crippen LogP contribution is 2.51. The van der Waals surface area contributed by atoms with E-state index < -0.39 is 0 Å². The zero-order valence-electron chi connectivity index (χ0n) is 16.6. The van der Waals surface area contributed by atoms with Crippen LogP contribution in [0.4, 0.5) is 11.4 Å². The summed E-state index contributed by atoms with van der Waals surface area (Å²) in [5.41, 5.74) is 6.14. The average Bonchev–Trinajstić information content (AvgIpc) is 3.42. The number of aryl methyl sites for hydroxylation is 2. The van der Waals surface area contributed by atoms with Crippen molar-refractivity contribution < 1.29 is 4.79 Å². The molecule has 2 N–H and O–H groups in total. The Kier molecular flexibility index (Phi) is 4.51. The van der Waals surface area contributed by atoms with E-state index in [1.54, 1.807) is 11.3 Å². The molecule has 1 aromatic heterocycles. The first-order valence-corrected chi connectivity index (χ1v) is 11.0.